The van der Waals surface area contributed by atoms with Gasteiger partial charge in [0, 0.05) is 38.6 Å². The highest BCUT2D eigenvalue weighted by molar-refractivity contribution is 6.12. The summed E-state index contributed by atoms with van der Waals surface area (Å²) < 4.78 is 12.8. The molecule has 13 rings (SSSR count). The maximum atomic E-state index is 6.60. The summed E-state index contributed by atoms with van der Waals surface area (Å²) in [7, 11) is 0. The second-order valence-electron chi connectivity index (χ2n) is 15.8. The third kappa shape index (κ3) is 4.92. The molecule has 0 amide bonds. The topological polar surface area (TPSA) is 61.0 Å². The van der Waals surface area contributed by atoms with Crippen LogP contribution in [-0.2, 0) is 5.41 Å². The van der Waals surface area contributed by atoms with Gasteiger partial charge in [0.2, 0.25) is 0 Å². The monoisotopic (exact) mass is 779 g/mol. The molecule has 0 fully saturated rings. The Balaban J connectivity index is 1.03. The fourth-order valence-electron chi connectivity index (χ4n) is 9.99. The van der Waals surface area contributed by atoms with Gasteiger partial charge in [0.1, 0.15) is 22.7 Å². The maximum absolute atomic E-state index is 6.60. The number of para-hydroxylation sites is 3. The minimum Gasteiger partial charge on any atom is -0.457 e. The molecule has 0 bridgehead atoms. The number of hydrogen-bond donors (Lipinski definition) is 0. The summed E-state index contributed by atoms with van der Waals surface area (Å²) in [5.41, 5.74) is 13.0. The van der Waals surface area contributed by atoms with E-state index in [1.807, 2.05) is 30.3 Å². The minimum absolute atomic E-state index is 0.604. The lowest BCUT2D eigenvalue weighted by Crippen LogP contribution is -2.32. The van der Waals surface area contributed by atoms with Gasteiger partial charge in [-0.15, -0.1) is 0 Å². The van der Waals surface area contributed by atoms with Crippen LogP contribution in [-0.4, -0.2) is 15.0 Å². The summed E-state index contributed by atoms with van der Waals surface area (Å²) >= 11 is 0. The van der Waals surface area contributed by atoms with Crippen LogP contribution in [0.15, 0.2) is 205 Å². The van der Waals surface area contributed by atoms with Gasteiger partial charge in [-0.05, 0) is 74.5 Å². The zero-order valence-corrected chi connectivity index (χ0v) is 32.7. The number of fused-ring (bicyclic) bond motifs is 13. The van der Waals surface area contributed by atoms with Crippen molar-refractivity contribution in [1.82, 2.24) is 15.0 Å². The van der Waals surface area contributed by atoms with Crippen LogP contribution >= 0.6 is 0 Å². The summed E-state index contributed by atoms with van der Waals surface area (Å²) in [5.74, 6) is 3.55. The molecule has 0 radical (unpaired) electrons. The van der Waals surface area contributed by atoms with Crippen LogP contribution in [0.5, 0.6) is 11.5 Å². The summed E-state index contributed by atoms with van der Waals surface area (Å²) in [5, 5.41) is 4.50. The molecule has 9 aromatic carbocycles. The van der Waals surface area contributed by atoms with Gasteiger partial charge >= 0.3 is 0 Å². The molecular formula is C56H33N3O2. The summed E-state index contributed by atoms with van der Waals surface area (Å²) in [6, 6.07) is 70.1. The van der Waals surface area contributed by atoms with Crippen LogP contribution in [0.25, 0.3) is 89.1 Å². The van der Waals surface area contributed by atoms with E-state index < -0.39 is 5.41 Å². The number of benzene rings is 9. The average Bonchev–Trinajstić information content (AvgIpc) is 3.86. The zero-order chi connectivity index (χ0) is 40.1. The number of rotatable bonds is 4. The summed E-state index contributed by atoms with van der Waals surface area (Å²) in [6.45, 7) is 0. The maximum Gasteiger partial charge on any atom is 0.164 e. The quantitative estimate of drug-likeness (QED) is 0.178. The number of ether oxygens (including phenoxy) is 1. The smallest absolute Gasteiger partial charge is 0.164 e. The van der Waals surface area contributed by atoms with Gasteiger partial charge in [0.25, 0.3) is 0 Å². The van der Waals surface area contributed by atoms with E-state index in [0.717, 1.165) is 94.3 Å². The van der Waals surface area contributed by atoms with Crippen LogP contribution in [0.4, 0.5) is 0 Å². The number of aromatic nitrogens is 3. The second-order valence-corrected chi connectivity index (χ2v) is 15.8. The fourth-order valence-corrected chi connectivity index (χ4v) is 9.99. The van der Waals surface area contributed by atoms with E-state index in [9.17, 15) is 0 Å². The molecule has 3 heterocycles. The van der Waals surface area contributed by atoms with Gasteiger partial charge in [-0.25, -0.2) is 15.0 Å². The van der Waals surface area contributed by atoms with E-state index in [2.05, 4.69) is 170 Å². The Labute approximate surface area is 351 Å². The van der Waals surface area contributed by atoms with Crippen LogP contribution in [0.2, 0.25) is 0 Å². The Morgan fingerprint density at radius 3 is 1.74 bits per heavy atom. The van der Waals surface area contributed by atoms with Crippen LogP contribution in [0.3, 0.4) is 0 Å². The molecule has 0 saturated carbocycles. The SMILES string of the molecule is c1ccc2c(c1)Oc1ccccc1C21c2ccccc2-c2c(-c3nc(-c4ccc(-c5cccc6oc7ccccc7c56)cc4)nc(-c4ccc5ccccc5c4)n3)cccc21. The predicted octanol–water partition coefficient (Wildman–Crippen LogP) is 14.1. The van der Waals surface area contributed by atoms with Crippen LogP contribution in [0, 0.1) is 0 Å². The van der Waals surface area contributed by atoms with Crippen LogP contribution < -0.4 is 4.74 Å². The van der Waals surface area contributed by atoms with Gasteiger partial charge < -0.3 is 9.15 Å². The molecule has 0 atom stereocenters. The van der Waals surface area contributed by atoms with E-state index in [1.165, 1.54) is 11.1 Å². The lowest BCUT2D eigenvalue weighted by molar-refractivity contribution is 0.436. The van der Waals surface area contributed by atoms with Gasteiger partial charge in [0.05, 0.1) is 5.41 Å². The zero-order valence-electron chi connectivity index (χ0n) is 32.7. The molecule has 61 heavy (non-hydrogen) atoms. The Kier molecular flexibility index (Phi) is 7.16. The van der Waals surface area contributed by atoms with E-state index >= 15 is 0 Å². The Hall–Kier alpha value is -8.15. The van der Waals surface area contributed by atoms with Crippen molar-refractivity contribution in [3.8, 4) is 67.9 Å². The molecular weight excluding hydrogens is 747 g/mol. The highest BCUT2D eigenvalue weighted by Gasteiger charge is 2.51. The molecule has 0 N–H and O–H groups in total. The van der Waals surface area contributed by atoms with Crippen molar-refractivity contribution >= 4 is 32.7 Å². The van der Waals surface area contributed by atoms with E-state index in [0.29, 0.717) is 17.5 Å². The van der Waals surface area contributed by atoms with Crippen molar-refractivity contribution in [2.24, 2.45) is 0 Å². The van der Waals surface area contributed by atoms with Crippen molar-refractivity contribution in [2.75, 3.05) is 0 Å². The summed E-state index contributed by atoms with van der Waals surface area (Å²) in [4.78, 5) is 15.9. The number of nitrogens with zero attached hydrogens (tertiary/aromatic N) is 3. The highest BCUT2D eigenvalue weighted by Crippen LogP contribution is 2.63. The van der Waals surface area contributed by atoms with Crippen molar-refractivity contribution in [3.05, 3.63) is 222 Å². The Morgan fingerprint density at radius 2 is 0.918 bits per heavy atom. The summed E-state index contributed by atoms with van der Waals surface area (Å²) in [6.07, 6.45) is 0. The van der Waals surface area contributed by atoms with Crippen molar-refractivity contribution in [1.29, 1.82) is 0 Å². The lowest BCUT2D eigenvalue weighted by atomic mass is 9.66. The third-order valence-electron chi connectivity index (χ3n) is 12.6. The van der Waals surface area contributed by atoms with Gasteiger partial charge in [-0.3, -0.25) is 0 Å². The molecule has 0 unspecified atom stereocenters. The molecule has 1 aliphatic carbocycles. The largest absolute Gasteiger partial charge is 0.457 e. The number of furan rings is 1. The van der Waals surface area contributed by atoms with Crippen molar-refractivity contribution < 1.29 is 9.15 Å². The predicted molar refractivity (Wildman–Crippen MR) is 244 cm³/mol. The van der Waals surface area contributed by atoms with Gasteiger partial charge in [-0.1, -0.05) is 170 Å². The van der Waals surface area contributed by atoms with Gasteiger partial charge in [-0.2, -0.15) is 0 Å². The molecule has 2 aliphatic rings. The third-order valence-corrected chi connectivity index (χ3v) is 12.6. The first kappa shape index (κ1) is 33.8. The second kappa shape index (κ2) is 12.9. The molecule has 284 valence electrons. The van der Waals surface area contributed by atoms with Gasteiger partial charge in [0.15, 0.2) is 17.5 Å². The Morgan fingerprint density at radius 1 is 0.361 bits per heavy atom. The highest BCUT2D eigenvalue weighted by atomic mass is 16.5. The molecule has 5 heteroatoms. The minimum atomic E-state index is -0.608. The van der Waals surface area contributed by atoms with Crippen molar-refractivity contribution in [3.63, 3.8) is 0 Å². The lowest BCUT2D eigenvalue weighted by Gasteiger charge is -2.39. The standard InChI is InChI=1S/C56H33N3O2/c1-2-14-37-33-38(32-27-34(37)13-1)54-57-53(36-30-28-35(29-31-36)39-17-12-26-50-52(39)41-16-4-8-23-47(41)60-50)58-55(59-54)42-18-11-22-46-51(42)40-15-3-5-19-43(40)56(46)44-20-6-9-24-48(44)61-49-25-10-7-21-45(49)56/h1-33H. The van der Waals surface area contributed by atoms with Crippen molar-refractivity contribution in [2.45, 2.75) is 5.41 Å². The molecule has 0 saturated heterocycles. The Bertz CT molecular complexity index is 3540. The van der Waals surface area contributed by atoms with Crippen LogP contribution in [0.1, 0.15) is 22.3 Å². The van der Waals surface area contributed by atoms with E-state index in [-0.39, 0.29) is 0 Å². The fraction of sp³-hybridized carbons (Fsp3) is 0.0179. The molecule has 1 aliphatic heterocycles. The first-order valence-electron chi connectivity index (χ1n) is 20.6. The molecule has 2 aromatic heterocycles. The van der Waals surface area contributed by atoms with E-state index in [4.69, 9.17) is 24.1 Å². The molecule has 1 spiro atoms. The molecule has 5 nitrogen and oxygen atoms in total. The normalized spacial score (nSPS) is 13.2. The number of hydrogen-bond acceptors (Lipinski definition) is 5. The first-order chi connectivity index (χ1) is 30.2. The first-order valence-corrected chi connectivity index (χ1v) is 20.6. The van der Waals surface area contributed by atoms with E-state index in [1.54, 1.807) is 0 Å². The average molecular weight is 780 g/mol. The molecule has 11 aromatic rings.